The molecule has 0 aliphatic carbocycles. The highest BCUT2D eigenvalue weighted by atomic mass is 19.1. The Hall–Kier alpha value is -1.22. The molecule has 3 heteroatoms. The predicted octanol–water partition coefficient (Wildman–Crippen LogP) is 2.17. The molecule has 0 saturated carbocycles. The van der Waals surface area contributed by atoms with Crippen molar-refractivity contribution in [1.82, 2.24) is 0 Å². The minimum atomic E-state index is -1.01. The molecule has 1 atom stereocenters. The Kier molecular flexibility index (Phi) is 3.77. The van der Waals surface area contributed by atoms with Crippen LogP contribution in [0.2, 0.25) is 0 Å². The molecule has 0 aliphatic heterocycles. The quantitative estimate of drug-likeness (QED) is 0.749. The number of carbonyl (C=O) groups is 1. The maximum atomic E-state index is 12.7. The molecule has 0 radical (unpaired) electrons. The van der Waals surface area contributed by atoms with Gasteiger partial charge in [0.15, 0.2) is 5.78 Å². The lowest BCUT2D eigenvalue weighted by atomic mass is 10.0. The van der Waals surface area contributed by atoms with Crippen LogP contribution >= 0.6 is 0 Å². The number of benzene rings is 1. The summed E-state index contributed by atoms with van der Waals surface area (Å²) in [6.45, 7) is 1.88. The van der Waals surface area contributed by atoms with Crippen LogP contribution in [0.25, 0.3) is 0 Å². The van der Waals surface area contributed by atoms with Crippen molar-refractivity contribution in [2.24, 2.45) is 0 Å². The van der Waals surface area contributed by atoms with Crippen LogP contribution in [-0.2, 0) is 0 Å². The second-order valence-corrected chi connectivity index (χ2v) is 3.18. The third-order valence-electron chi connectivity index (χ3n) is 1.97. The summed E-state index contributed by atoms with van der Waals surface area (Å²) in [4.78, 5) is 11.5. The van der Waals surface area contributed by atoms with Gasteiger partial charge in [0.1, 0.15) is 11.9 Å². The van der Waals surface area contributed by atoms with E-state index in [-0.39, 0.29) is 5.56 Å². The lowest BCUT2D eigenvalue weighted by Gasteiger charge is -2.07. The highest BCUT2D eigenvalue weighted by Crippen LogP contribution is 2.09. The summed E-state index contributed by atoms with van der Waals surface area (Å²) in [5.74, 6) is -0.870. The molecule has 0 spiro atoms. The molecule has 14 heavy (non-hydrogen) atoms. The van der Waals surface area contributed by atoms with Crippen molar-refractivity contribution in [3.8, 4) is 0 Å². The predicted molar refractivity (Wildman–Crippen MR) is 51.6 cm³/mol. The molecule has 1 rings (SSSR count). The standard InChI is InChI=1S/C11H13FO2/c1-2-4-10(13)11(14)8-5-3-6-9(12)7-8/h3,5-7,10,13H,2,4H2,1H3. The van der Waals surface area contributed by atoms with Crippen molar-refractivity contribution in [1.29, 1.82) is 0 Å². The molecule has 1 unspecified atom stereocenters. The number of Topliss-reactive ketones (excluding diaryl/α,β-unsaturated/α-hetero) is 1. The van der Waals surface area contributed by atoms with Gasteiger partial charge in [0.05, 0.1) is 0 Å². The van der Waals surface area contributed by atoms with Crippen LogP contribution in [0.15, 0.2) is 24.3 Å². The molecule has 0 bridgehead atoms. The number of aliphatic hydroxyl groups is 1. The first kappa shape index (κ1) is 10.9. The number of rotatable bonds is 4. The molecular formula is C11H13FO2. The van der Waals surface area contributed by atoms with Gasteiger partial charge in [-0.25, -0.2) is 4.39 Å². The van der Waals surface area contributed by atoms with E-state index in [1.165, 1.54) is 18.2 Å². The Morgan fingerprint density at radius 3 is 2.86 bits per heavy atom. The molecular weight excluding hydrogens is 183 g/mol. The van der Waals surface area contributed by atoms with Gasteiger partial charge in [0.25, 0.3) is 0 Å². The second-order valence-electron chi connectivity index (χ2n) is 3.18. The van der Waals surface area contributed by atoms with Crippen LogP contribution < -0.4 is 0 Å². The largest absolute Gasteiger partial charge is 0.385 e. The molecule has 0 aliphatic rings. The summed E-state index contributed by atoms with van der Waals surface area (Å²) in [6, 6.07) is 5.37. The second kappa shape index (κ2) is 4.86. The lowest BCUT2D eigenvalue weighted by Crippen LogP contribution is -2.20. The lowest BCUT2D eigenvalue weighted by molar-refractivity contribution is 0.0729. The minimum Gasteiger partial charge on any atom is -0.385 e. The van der Waals surface area contributed by atoms with Gasteiger partial charge in [-0.2, -0.15) is 0 Å². The molecule has 2 nitrogen and oxygen atoms in total. The van der Waals surface area contributed by atoms with Crippen LogP contribution in [0, 0.1) is 5.82 Å². The Labute approximate surface area is 82.4 Å². The van der Waals surface area contributed by atoms with E-state index in [1.54, 1.807) is 0 Å². The van der Waals surface area contributed by atoms with E-state index in [1.807, 2.05) is 6.92 Å². The molecule has 0 saturated heterocycles. The van der Waals surface area contributed by atoms with Crippen LogP contribution in [0.4, 0.5) is 4.39 Å². The zero-order valence-electron chi connectivity index (χ0n) is 8.03. The van der Waals surface area contributed by atoms with E-state index < -0.39 is 17.7 Å². The fourth-order valence-corrected chi connectivity index (χ4v) is 1.24. The summed E-state index contributed by atoms with van der Waals surface area (Å²) in [5.41, 5.74) is 0.228. The number of carbonyl (C=O) groups excluding carboxylic acids is 1. The Morgan fingerprint density at radius 2 is 2.29 bits per heavy atom. The van der Waals surface area contributed by atoms with Crippen molar-refractivity contribution in [3.63, 3.8) is 0 Å². The molecule has 0 amide bonds. The Bertz CT molecular complexity index is 323. The third kappa shape index (κ3) is 2.64. The van der Waals surface area contributed by atoms with Gasteiger partial charge in [-0.05, 0) is 18.6 Å². The molecule has 76 valence electrons. The fourth-order valence-electron chi connectivity index (χ4n) is 1.24. The third-order valence-corrected chi connectivity index (χ3v) is 1.97. The summed E-state index contributed by atoms with van der Waals surface area (Å²) in [5, 5.41) is 9.39. The number of hydrogen-bond acceptors (Lipinski definition) is 2. The van der Waals surface area contributed by atoms with Crippen LogP contribution in [0.3, 0.4) is 0 Å². The average molecular weight is 196 g/mol. The zero-order valence-corrected chi connectivity index (χ0v) is 8.03. The topological polar surface area (TPSA) is 37.3 Å². The summed E-state index contributed by atoms with van der Waals surface area (Å²) in [7, 11) is 0. The molecule has 0 aromatic heterocycles. The molecule has 1 aromatic carbocycles. The van der Waals surface area contributed by atoms with E-state index in [9.17, 15) is 14.3 Å². The van der Waals surface area contributed by atoms with Gasteiger partial charge in [-0.3, -0.25) is 4.79 Å². The van der Waals surface area contributed by atoms with Crippen molar-refractivity contribution in [3.05, 3.63) is 35.6 Å². The van der Waals surface area contributed by atoms with E-state index in [4.69, 9.17) is 0 Å². The highest BCUT2D eigenvalue weighted by Gasteiger charge is 2.15. The van der Waals surface area contributed by atoms with Gasteiger partial charge < -0.3 is 5.11 Å². The number of aliphatic hydroxyl groups excluding tert-OH is 1. The van der Waals surface area contributed by atoms with Gasteiger partial charge >= 0.3 is 0 Å². The van der Waals surface area contributed by atoms with Crippen LogP contribution in [0.5, 0.6) is 0 Å². The van der Waals surface area contributed by atoms with E-state index in [2.05, 4.69) is 0 Å². The minimum absolute atomic E-state index is 0.228. The van der Waals surface area contributed by atoms with Crippen molar-refractivity contribution in [2.75, 3.05) is 0 Å². The first-order valence-electron chi connectivity index (χ1n) is 4.63. The maximum absolute atomic E-state index is 12.7. The SMILES string of the molecule is CCCC(O)C(=O)c1cccc(F)c1. The molecule has 0 fully saturated rings. The van der Waals surface area contributed by atoms with Crippen LogP contribution in [-0.4, -0.2) is 17.0 Å². The normalized spacial score (nSPS) is 12.5. The van der Waals surface area contributed by atoms with Gasteiger partial charge in [-0.15, -0.1) is 0 Å². The van der Waals surface area contributed by atoms with Crippen molar-refractivity contribution < 1.29 is 14.3 Å². The zero-order chi connectivity index (χ0) is 10.6. The summed E-state index contributed by atoms with van der Waals surface area (Å²) in [6.07, 6.45) is 0.124. The fraction of sp³-hybridized carbons (Fsp3) is 0.364. The van der Waals surface area contributed by atoms with Gasteiger partial charge in [0.2, 0.25) is 0 Å². The van der Waals surface area contributed by atoms with Crippen LogP contribution in [0.1, 0.15) is 30.1 Å². The number of hydrogen-bond donors (Lipinski definition) is 1. The van der Waals surface area contributed by atoms with Crippen molar-refractivity contribution in [2.45, 2.75) is 25.9 Å². The van der Waals surface area contributed by atoms with E-state index in [0.717, 1.165) is 12.5 Å². The summed E-state index contributed by atoms with van der Waals surface area (Å²) >= 11 is 0. The Balaban J connectivity index is 2.78. The van der Waals surface area contributed by atoms with E-state index in [0.29, 0.717) is 6.42 Å². The monoisotopic (exact) mass is 196 g/mol. The first-order valence-corrected chi connectivity index (χ1v) is 4.63. The first-order chi connectivity index (χ1) is 6.65. The maximum Gasteiger partial charge on any atom is 0.191 e. The smallest absolute Gasteiger partial charge is 0.191 e. The molecule has 1 aromatic rings. The van der Waals surface area contributed by atoms with Gasteiger partial charge in [-0.1, -0.05) is 25.5 Å². The summed E-state index contributed by atoms with van der Waals surface area (Å²) < 4.78 is 12.7. The van der Waals surface area contributed by atoms with E-state index >= 15 is 0 Å². The molecule has 1 N–H and O–H groups in total. The highest BCUT2D eigenvalue weighted by molar-refractivity contribution is 5.99. The Morgan fingerprint density at radius 1 is 1.57 bits per heavy atom. The van der Waals surface area contributed by atoms with Crippen molar-refractivity contribution >= 4 is 5.78 Å². The number of ketones is 1. The average Bonchev–Trinajstić information content (AvgIpc) is 2.17. The van der Waals surface area contributed by atoms with Gasteiger partial charge in [0, 0.05) is 5.56 Å². The molecule has 0 heterocycles. The number of halogens is 1.